The standard InChI is InChI=1S/C12H15N3O4/c1-8-5-6-9(15(17)18)11(13-8)14-7-3-4-10(14)12(16)19-2/h5-6,10H,3-4,7H2,1-2H3. The van der Waals surface area contributed by atoms with Gasteiger partial charge in [0.2, 0.25) is 5.82 Å². The number of nitro groups is 1. The van der Waals surface area contributed by atoms with Crippen molar-refractivity contribution >= 4 is 17.5 Å². The van der Waals surface area contributed by atoms with Crippen molar-refractivity contribution in [2.45, 2.75) is 25.8 Å². The topological polar surface area (TPSA) is 85.6 Å². The average Bonchev–Trinajstić information content (AvgIpc) is 2.86. The fourth-order valence-electron chi connectivity index (χ4n) is 2.29. The fourth-order valence-corrected chi connectivity index (χ4v) is 2.29. The van der Waals surface area contributed by atoms with Gasteiger partial charge in [0.15, 0.2) is 0 Å². The first-order valence-electron chi connectivity index (χ1n) is 6.01. The van der Waals surface area contributed by atoms with Gasteiger partial charge in [0.05, 0.1) is 12.0 Å². The van der Waals surface area contributed by atoms with Gasteiger partial charge in [0.1, 0.15) is 6.04 Å². The Bertz CT molecular complexity index is 518. The molecular formula is C12H15N3O4. The smallest absolute Gasteiger partial charge is 0.328 e. The zero-order valence-corrected chi connectivity index (χ0v) is 10.8. The van der Waals surface area contributed by atoms with Crippen molar-refractivity contribution in [1.82, 2.24) is 4.98 Å². The number of rotatable bonds is 3. The number of methoxy groups -OCH3 is 1. The molecule has 0 spiro atoms. The molecule has 1 saturated heterocycles. The van der Waals surface area contributed by atoms with E-state index in [1.165, 1.54) is 13.2 Å². The van der Waals surface area contributed by atoms with Crippen LogP contribution in [0.15, 0.2) is 12.1 Å². The molecule has 2 heterocycles. The fraction of sp³-hybridized carbons (Fsp3) is 0.500. The van der Waals surface area contributed by atoms with Crippen molar-refractivity contribution in [2.24, 2.45) is 0 Å². The number of aromatic nitrogens is 1. The van der Waals surface area contributed by atoms with E-state index in [0.29, 0.717) is 18.7 Å². The van der Waals surface area contributed by atoms with Crippen LogP contribution < -0.4 is 4.90 Å². The molecule has 2 rings (SSSR count). The van der Waals surface area contributed by atoms with E-state index in [1.54, 1.807) is 17.9 Å². The van der Waals surface area contributed by atoms with Gasteiger partial charge in [-0.25, -0.2) is 9.78 Å². The molecule has 1 aliphatic rings. The van der Waals surface area contributed by atoms with Gasteiger partial charge in [-0.05, 0) is 25.8 Å². The Hall–Kier alpha value is -2.18. The first kappa shape index (κ1) is 13.3. The van der Waals surface area contributed by atoms with Gasteiger partial charge in [-0.1, -0.05) is 0 Å². The molecule has 1 fully saturated rings. The summed E-state index contributed by atoms with van der Waals surface area (Å²) >= 11 is 0. The molecule has 7 heteroatoms. The van der Waals surface area contributed by atoms with Gasteiger partial charge in [-0.3, -0.25) is 10.1 Å². The molecule has 1 atom stereocenters. The molecule has 1 unspecified atom stereocenters. The van der Waals surface area contributed by atoms with Crippen LogP contribution in [0.5, 0.6) is 0 Å². The van der Waals surface area contributed by atoms with Gasteiger partial charge in [-0.2, -0.15) is 0 Å². The summed E-state index contributed by atoms with van der Waals surface area (Å²) in [6.45, 7) is 2.33. The first-order valence-corrected chi connectivity index (χ1v) is 6.01. The number of carbonyl (C=O) groups excluding carboxylic acids is 1. The van der Waals surface area contributed by atoms with Crippen molar-refractivity contribution in [3.63, 3.8) is 0 Å². The maximum atomic E-state index is 11.7. The zero-order chi connectivity index (χ0) is 14.0. The SMILES string of the molecule is COC(=O)C1CCCN1c1nc(C)ccc1[N+](=O)[O-]. The number of ether oxygens (including phenoxy) is 1. The molecule has 7 nitrogen and oxygen atoms in total. The van der Waals surface area contributed by atoms with Crippen molar-refractivity contribution in [2.75, 3.05) is 18.6 Å². The van der Waals surface area contributed by atoms with Crippen LogP contribution in [-0.4, -0.2) is 35.6 Å². The van der Waals surface area contributed by atoms with Gasteiger partial charge < -0.3 is 9.64 Å². The molecule has 0 aliphatic carbocycles. The second kappa shape index (κ2) is 5.21. The van der Waals surface area contributed by atoms with Crippen molar-refractivity contribution < 1.29 is 14.5 Å². The molecule has 1 aromatic rings. The van der Waals surface area contributed by atoms with Crippen molar-refractivity contribution in [1.29, 1.82) is 0 Å². The van der Waals surface area contributed by atoms with E-state index in [1.807, 2.05) is 0 Å². The Kier molecular flexibility index (Phi) is 3.64. The summed E-state index contributed by atoms with van der Waals surface area (Å²) in [6, 6.07) is 2.52. The lowest BCUT2D eigenvalue weighted by molar-refractivity contribution is -0.384. The van der Waals surface area contributed by atoms with Crippen LogP contribution in [-0.2, 0) is 9.53 Å². The van der Waals surface area contributed by atoms with E-state index in [4.69, 9.17) is 4.74 Å². The number of hydrogen-bond acceptors (Lipinski definition) is 6. The highest BCUT2D eigenvalue weighted by atomic mass is 16.6. The second-order valence-electron chi connectivity index (χ2n) is 4.43. The summed E-state index contributed by atoms with van der Waals surface area (Å²) in [5, 5.41) is 11.1. The molecule has 19 heavy (non-hydrogen) atoms. The number of pyridine rings is 1. The predicted octanol–water partition coefficient (Wildman–Crippen LogP) is 1.44. The number of anilines is 1. The van der Waals surface area contributed by atoms with E-state index in [-0.39, 0.29) is 17.5 Å². The van der Waals surface area contributed by atoms with Crippen LogP contribution in [0, 0.1) is 17.0 Å². The van der Waals surface area contributed by atoms with E-state index in [0.717, 1.165) is 6.42 Å². The summed E-state index contributed by atoms with van der Waals surface area (Å²) in [6.07, 6.45) is 1.41. The number of hydrogen-bond donors (Lipinski definition) is 0. The summed E-state index contributed by atoms with van der Waals surface area (Å²) in [5.41, 5.74) is 0.595. The predicted molar refractivity (Wildman–Crippen MR) is 68.0 cm³/mol. The zero-order valence-electron chi connectivity index (χ0n) is 10.8. The molecule has 1 aromatic heterocycles. The molecule has 0 saturated carbocycles. The Labute approximate surface area is 110 Å². The van der Waals surface area contributed by atoms with Crippen LogP contribution in [0.3, 0.4) is 0 Å². The Morgan fingerprint density at radius 1 is 1.58 bits per heavy atom. The number of nitrogens with zero attached hydrogens (tertiary/aromatic N) is 3. The first-order chi connectivity index (χ1) is 9.04. The van der Waals surface area contributed by atoms with Crippen molar-refractivity contribution in [3.8, 4) is 0 Å². The maximum Gasteiger partial charge on any atom is 0.328 e. The van der Waals surface area contributed by atoms with E-state index in [9.17, 15) is 14.9 Å². The van der Waals surface area contributed by atoms with Crippen LogP contribution in [0.2, 0.25) is 0 Å². The molecular weight excluding hydrogens is 250 g/mol. The lowest BCUT2D eigenvalue weighted by atomic mass is 10.2. The Morgan fingerprint density at radius 3 is 2.95 bits per heavy atom. The molecule has 0 amide bonds. The second-order valence-corrected chi connectivity index (χ2v) is 4.43. The normalized spacial score (nSPS) is 18.4. The highest BCUT2D eigenvalue weighted by molar-refractivity contribution is 5.81. The third kappa shape index (κ3) is 2.49. The van der Waals surface area contributed by atoms with Gasteiger partial charge in [0, 0.05) is 18.3 Å². The lowest BCUT2D eigenvalue weighted by Gasteiger charge is -2.23. The summed E-state index contributed by atoms with van der Waals surface area (Å²) < 4.78 is 4.74. The monoisotopic (exact) mass is 265 g/mol. The van der Waals surface area contributed by atoms with Gasteiger partial charge >= 0.3 is 11.7 Å². The number of carbonyl (C=O) groups is 1. The molecule has 0 bridgehead atoms. The minimum absolute atomic E-state index is 0.0820. The minimum Gasteiger partial charge on any atom is -0.467 e. The Balaban J connectivity index is 2.42. The van der Waals surface area contributed by atoms with Gasteiger partial charge in [0.25, 0.3) is 0 Å². The number of aryl methyl sites for hydroxylation is 1. The molecule has 0 N–H and O–H groups in total. The van der Waals surface area contributed by atoms with Gasteiger partial charge in [-0.15, -0.1) is 0 Å². The summed E-state index contributed by atoms with van der Waals surface area (Å²) in [7, 11) is 1.32. The summed E-state index contributed by atoms with van der Waals surface area (Å²) in [4.78, 5) is 28.2. The quantitative estimate of drug-likeness (QED) is 0.467. The number of esters is 1. The maximum absolute atomic E-state index is 11.7. The van der Waals surface area contributed by atoms with Crippen LogP contribution in [0.1, 0.15) is 18.5 Å². The molecule has 0 aromatic carbocycles. The average molecular weight is 265 g/mol. The summed E-state index contributed by atoms with van der Waals surface area (Å²) in [5.74, 6) is -0.131. The Morgan fingerprint density at radius 2 is 2.32 bits per heavy atom. The third-order valence-electron chi connectivity index (χ3n) is 3.19. The molecule has 102 valence electrons. The van der Waals surface area contributed by atoms with Crippen LogP contribution >= 0.6 is 0 Å². The highest BCUT2D eigenvalue weighted by Crippen LogP contribution is 2.32. The highest BCUT2D eigenvalue weighted by Gasteiger charge is 2.36. The van der Waals surface area contributed by atoms with Crippen LogP contribution in [0.4, 0.5) is 11.5 Å². The van der Waals surface area contributed by atoms with E-state index < -0.39 is 11.0 Å². The largest absolute Gasteiger partial charge is 0.467 e. The minimum atomic E-state index is -0.488. The molecule has 0 radical (unpaired) electrons. The van der Waals surface area contributed by atoms with Crippen molar-refractivity contribution in [3.05, 3.63) is 27.9 Å². The molecule has 1 aliphatic heterocycles. The van der Waals surface area contributed by atoms with Crippen LogP contribution in [0.25, 0.3) is 0 Å². The third-order valence-corrected chi connectivity index (χ3v) is 3.19. The lowest BCUT2D eigenvalue weighted by Crippen LogP contribution is -2.37. The van der Waals surface area contributed by atoms with E-state index >= 15 is 0 Å². The van der Waals surface area contributed by atoms with E-state index in [2.05, 4.69) is 4.98 Å².